The van der Waals surface area contributed by atoms with Crippen LogP contribution in [-0.2, 0) is 9.53 Å². The number of benzene rings is 1. The fraction of sp³-hybridized carbons (Fsp3) is 0.500. The van der Waals surface area contributed by atoms with Gasteiger partial charge in [0.25, 0.3) is 5.91 Å². The first-order chi connectivity index (χ1) is 10.2. The van der Waals surface area contributed by atoms with E-state index >= 15 is 0 Å². The minimum absolute atomic E-state index is 0.00890. The van der Waals surface area contributed by atoms with Crippen LogP contribution in [0.15, 0.2) is 24.3 Å². The summed E-state index contributed by atoms with van der Waals surface area (Å²) in [4.78, 5) is 13.5. The molecule has 1 fully saturated rings. The van der Waals surface area contributed by atoms with E-state index in [0.717, 1.165) is 12.5 Å². The molecular formula is C16H20N2O3. The Hall–Kier alpha value is -2.06. The number of carbonyl (C=O) groups is 1. The van der Waals surface area contributed by atoms with Gasteiger partial charge in [-0.2, -0.15) is 5.26 Å². The fourth-order valence-electron chi connectivity index (χ4n) is 1.74. The maximum absolute atomic E-state index is 11.9. The van der Waals surface area contributed by atoms with Gasteiger partial charge in [0.1, 0.15) is 5.75 Å². The Kier molecular flexibility index (Phi) is 5.59. The largest absolute Gasteiger partial charge is 0.484 e. The van der Waals surface area contributed by atoms with Crippen molar-refractivity contribution in [3.63, 3.8) is 0 Å². The van der Waals surface area contributed by atoms with Gasteiger partial charge in [-0.15, -0.1) is 0 Å². The van der Waals surface area contributed by atoms with E-state index < -0.39 is 0 Å². The number of ether oxygens (including phenoxy) is 2. The summed E-state index contributed by atoms with van der Waals surface area (Å²) in [6.07, 6.45) is 2.54. The Morgan fingerprint density at radius 2 is 2.10 bits per heavy atom. The molecule has 5 heteroatoms. The van der Waals surface area contributed by atoms with E-state index in [1.54, 1.807) is 36.2 Å². The van der Waals surface area contributed by atoms with E-state index in [0.29, 0.717) is 24.5 Å². The monoisotopic (exact) mass is 288 g/mol. The zero-order chi connectivity index (χ0) is 15.1. The summed E-state index contributed by atoms with van der Waals surface area (Å²) in [6.45, 7) is 1.94. The summed E-state index contributed by atoms with van der Waals surface area (Å²) >= 11 is 0. The van der Waals surface area contributed by atoms with E-state index in [4.69, 9.17) is 14.7 Å². The molecule has 0 bridgehead atoms. The molecule has 1 aliphatic carbocycles. The highest BCUT2D eigenvalue weighted by Crippen LogP contribution is 2.28. The first-order valence-electron chi connectivity index (χ1n) is 7.13. The second-order valence-electron chi connectivity index (χ2n) is 5.26. The van der Waals surface area contributed by atoms with Crippen LogP contribution in [0.1, 0.15) is 18.4 Å². The maximum atomic E-state index is 11.9. The van der Waals surface area contributed by atoms with E-state index in [2.05, 4.69) is 0 Å². The topological polar surface area (TPSA) is 62.6 Å². The molecule has 21 heavy (non-hydrogen) atoms. The third kappa shape index (κ3) is 5.44. The van der Waals surface area contributed by atoms with E-state index in [-0.39, 0.29) is 12.5 Å². The predicted octanol–water partition coefficient (Wildman–Crippen LogP) is 1.82. The number of likely N-dealkylation sites (N-methyl/N-ethyl adjacent to an activating group) is 1. The molecule has 0 N–H and O–H groups in total. The number of rotatable bonds is 8. The molecule has 1 aromatic carbocycles. The molecular weight excluding hydrogens is 268 g/mol. The first-order valence-corrected chi connectivity index (χ1v) is 7.13. The Balaban J connectivity index is 1.63. The maximum Gasteiger partial charge on any atom is 0.260 e. The lowest BCUT2D eigenvalue weighted by Crippen LogP contribution is -2.34. The van der Waals surface area contributed by atoms with Crippen molar-refractivity contribution in [2.75, 3.05) is 33.4 Å². The molecule has 0 aliphatic heterocycles. The number of amides is 1. The van der Waals surface area contributed by atoms with Crippen molar-refractivity contribution >= 4 is 5.91 Å². The van der Waals surface area contributed by atoms with Crippen molar-refractivity contribution < 1.29 is 14.3 Å². The van der Waals surface area contributed by atoms with Gasteiger partial charge in [0.15, 0.2) is 6.61 Å². The molecule has 0 spiro atoms. The molecule has 0 unspecified atom stereocenters. The van der Waals surface area contributed by atoms with E-state index in [1.807, 2.05) is 6.07 Å². The third-order valence-corrected chi connectivity index (χ3v) is 3.39. The number of nitrogens with zero attached hydrogens (tertiary/aromatic N) is 2. The first kappa shape index (κ1) is 15.3. The molecule has 0 atom stereocenters. The van der Waals surface area contributed by atoms with Crippen molar-refractivity contribution in [3.05, 3.63) is 29.8 Å². The van der Waals surface area contributed by atoms with Gasteiger partial charge in [0.2, 0.25) is 0 Å². The van der Waals surface area contributed by atoms with Crippen molar-refractivity contribution in [3.8, 4) is 11.8 Å². The Morgan fingerprint density at radius 1 is 1.38 bits per heavy atom. The molecule has 1 aromatic rings. The highest BCUT2D eigenvalue weighted by Gasteiger charge is 2.21. The van der Waals surface area contributed by atoms with Crippen LogP contribution in [0.4, 0.5) is 0 Å². The fourth-order valence-corrected chi connectivity index (χ4v) is 1.74. The van der Waals surface area contributed by atoms with Crippen LogP contribution < -0.4 is 4.74 Å². The number of hydrogen-bond donors (Lipinski definition) is 0. The summed E-state index contributed by atoms with van der Waals surface area (Å²) in [5.41, 5.74) is 0.568. The van der Waals surface area contributed by atoms with Gasteiger partial charge in [-0.05, 0) is 43.0 Å². The van der Waals surface area contributed by atoms with Gasteiger partial charge in [0, 0.05) is 20.2 Å². The van der Waals surface area contributed by atoms with Crippen molar-refractivity contribution in [1.29, 1.82) is 5.26 Å². The summed E-state index contributed by atoms with van der Waals surface area (Å²) in [6, 6.07) is 8.73. The quantitative estimate of drug-likeness (QED) is 0.685. The summed E-state index contributed by atoms with van der Waals surface area (Å²) in [7, 11) is 1.74. The van der Waals surface area contributed by atoms with Gasteiger partial charge >= 0.3 is 0 Å². The molecule has 0 aromatic heterocycles. The van der Waals surface area contributed by atoms with Crippen LogP contribution in [0, 0.1) is 17.2 Å². The van der Waals surface area contributed by atoms with Crippen LogP contribution in [0.5, 0.6) is 5.75 Å². The number of nitriles is 1. The second-order valence-corrected chi connectivity index (χ2v) is 5.26. The van der Waals surface area contributed by atoms with Gasteiger partial charge < -0.3 is 14.4 Å². The highest BCUT2D eigenvalue weighted by molar-refractivity contribution is 5.77. The predicted molar refractivity (Wildman–Crippen MR) is 77.8 cm³/mol. The lowest BCUT2D eigenvalue weighted by Gasteiger charge is -2.17. The Labute approximate surface area is 125 Å². The van der Waals surface area contributed by atoms with E-state index in [1.165, 1.54) is 12.8 Å². The molecule has 112 valence electrons. The zero-order valence-corrected chi connectivity index (χ0v) is 12.2. The normalized spacial score (nSPS) is 13.5. The van der Waals surface area contributed by atoms with Crippen molar-refractivity contribution in [2.24, 2.45) is 5.92 Å². The van der Waals surface area contributed by atoms with Crippen LogP contribution in [-0.4, -0.2) is 44.2 Å². The zero-order valence-electron chi connectivity index (χ0n) is 12.2. The number of carbonyl (C=O) groups excluding carboxylic acids is 1. The lowest BCUT2D eigenvalue weighted by molar-refractivity contribution is -0.132. The van der Waals surface area contributed by atoms with Gasteiger partial charge in [-0.3, -0.25) is 4.79 Å². The summed E-state index contributed by atoms with van der Waals surface area (Å²) in [5.74, 6) is 1.24. The smallest absolute Gasteiger partial charge is 0.260 e. The third-order valence-electron chi connectivity index (χ3n) is 3.39. The molecule has 1 saturated carbocycles. The van der Waals surface area contributed by atoms with Crippen LogP contribution in [0.2, 0.25) is 0 Å². The summed E-state index contributed by atoms with van der Waals surface area (Å²) < 4.78 is 10.9. The molecule has 0 radical (unpaired) electrons. The van der Waals surface area contributed by atoms with Crippen LogP contribution in [0.25, 0.3) is 0 Å². The minimum Gasteiger partial charge on any atom is -0.484 e. The Morgan fingerprint density at radius 3 is 2.71 bits per heavy atom. The van der Waals surface area contributed by atoms with Crippen molar-refractivity contribution in [2.45, 2.75) is 12.8 Å². The van der Waals surface area contributed by atoms with Crippen LogP contribution >= 0.6 is 0 Å². The average Bonchev–Trinajstić information content (AvgIpc) is 3.33. The molecule has 5 nitrogen and oxygen atoms in total. The van der Waals surface area contributed by atoms with Crippen molar-refractivity contribution in [1.82, 2.24) is 4.90 Å². The van der Waals surface area contributed by atoms with Gasteiger partial charge in [-0.25, -0.2) is 0 Å². The standard InChI is InChI=1S/C16H20N2O3/c1-18(8-9-20-11-14-2-3-14)16(19)12-21-15-6-4-13(10-17)5-7-15/h4-7,14H,2-3,8-9,11-12H2,1H3. The lowest BCUT2D eigenvalue weighted by atomic mass is 10.2. The van der Waals surface area contributed by atoms with Gasteiger partial charge in [-0.1, -0.05) is 0 Å². The minimum atomic E-state index is -0.0885. The average molecular weight is 288 g/mol. The summed E-state index contributed by atoms with van der Waals surface area (Å²) in [5, 5.41) is 8.70. The molecule has 2 rings (SSSR count). The SMILES string of the molecule is CN(CCOCC1CC1)C(=O)COc1ccc(C#N)cc1. The molecule has 0 heterocycles. The molecule has 1 amide bonds. The Bertz CT molecular complexity index is 503. The van der Waals surface area contributed by atoms with Gasteiger partial charge in [0.05, 0.1) is 18.2 Å². The molecule has 1 aliphatic rings. The molecule has 0 saturated heterocycles. The number of hydrogen-bond acceptors (Lipinski definition) is 4. The highest BCUT2D eigenvalue weighted by atomic mass is 16.5. The van der Waals surface area contributed by atoms with Crippen LogP contribution in [0.3, 0.4) is 0 Å². The second kappa shape index (κ2) is 7.65. The van der Waals surface area contributed by atoms with E-state index in [9.17, 15) is 4.79 Å².